The molecule has 1 fully saturated rings. The Morgan fingerprint density at radius 2 is 1.87 bits per heavy atom. The highest BCUT2D eigenvalue weighted by atomic mass is 16.5. The fourth-order valence-corrected chi connectivity index (χ4v) is 3.15. The molecule has 0 aromatic carbocycles. The normalized spacial score (nSPS) is 15.7. The summed E-state index contributed by atoms with van der Waals surface area (Å²) in [4.78, 5) is 14.8. The minimum absolute atomic E-state index is 0.0136. The van der Waals surface area contributed by atoms with Crippen molar-refractivity contribution < 1.29 is 9.32 Å². The number of likely N-dealkylation sites (tertiary alicyclic amines) is 1. The van der Waals surface area contributed by atoms with E-state index in [2.05, 4.69) is 10.3 Å². The maximum absolute atomic E-state index is 12.8. The molecule has 3 rings (SSSR count). The second-order valence-corrected chi connectivity index (χ2v) is 6.36. The topological polar surface area (TPSA) is 64.2 Å². The van der Waals surface area contributed by atoms with Gasteiger partial charge in [0.25, 0.3) is 5.91 Å². The SMILES string of the molecule is Cc1cc(C)n(Cc2c(C(=O)N3CCCCCC3)noc2C)n1. The van der Waals surface area contributed by atoms with Crippen LogP contribution in [0.5, 0.6) is 0 Å². The third-order valence-electron chi connectivity index (χ3n) is 4.49. The Morgan fingerprint density at radius 1 is 1.17 bits per heavy atom. The summed E-state index contributed by atoms with van der Waals surface area (Å²) in [6.45, 7) is 7.97. The monoisotopic (exact) mass is 316 g/mol. The lowest BCUT2D eigenvalue weighted by molar-refractivity contribution is 0.0750. The molecule has 3 heterocycles. The molecular formula is C17H24N4O2. The van der Waals surface area contributed by atoms with Crippen LogP contribution >= 0.6 is 0 Å². The van der Waals surface area contributed by atoms with E-state index >= 15 is 0 Å². The van der Waals surface area contributed by atoms with Crippen LogP contribution in [0.3, 0.4) is 0 Å². The van der Waals surface area contributed by atoms with Gasteiger partial charge in [-0.2, -0.15) is 5.10 Å². The highest BCUT2D eigenvalue weighted by Crippen LogP contribution is 2.20. The van der Waals surface area contributed by atoms with Gasteiger partial charge in [0.05, 0.1) is 12.2 Å². The maximum atomic E-state index is 12.8. The first-order chi connectivity index (χ1) is 11.1. The quantitative estimate of drug-likeness (QED) is 0.873. The zero-order valence-electron chi connectivity index (χ0n) is 14.1. The maximum Gasteiger partial charge on any atom is 0.276 e. The Morgan fingerprint density at radius 3 is 2.48 bits per heavy atom. The van der Waals surface area contributed by atoms with Crippen LogP contribution in [0.15, 0.2) is 10.6 Å². The van der Waals surface area contributed by atoms with Crippen molar-refractivity contribution in [1.82, 2.24) is 19.8 Å². The molecule has 2 aromatic rings. The molecule has 1 saturated heterocycles. The third-order valence-corrected chi connectivity index (χ3v) is 4.49. The van der Waals surface area contributed by atoms with E-state index in [0.29, 0.717) is 18.0 Å². The number of aromatic nitrogens is 3. The van der Waals surface area contributed by atoms with Crippen molar-refractivity contribution in [1.29, 1.82) is 0 Å². The molecule has 0 spiro atoms. The van der Waals surface area contributed by atoms with Crippen LogP contribution in [0, 0.1) is 20.8 Å². The lowest BCUT2D eigenvalue weighted by Gasteiger charge is -2.19. The number of rotatable bonds is 3. The van der Waals surface area contributed by atoms with Gasteiger partial charge in [-0.05, 0) is 39.7 Å². The summed E-state index contributed by atoms with van der Waals surface area (Å²) in [5.74, 6) is 0.677. The minimum Gasteiger partial charge on any atom is -0.361 e. The number of amides is 1. The fraction of sp³-hybridized carbons (Fsp3) is 0.588. The summed E-state index contributed by atoms with van der Waals surface area (Å²) in [5, 5.41) is 8.52. The molecule has 1 aliphatic rings. The van der Waals surface area contributed by atoms with Crippen LogP contribution < -0.4 is 0 Å². The van der Waals surface area contributed by atoms with Crippen LogP contribution in [0.4, 0.5) is 0 Å². The molecule has 0 aliphatic carbocycles. The van der Waals surface area contributed by atoms with Gasteiger partial charge in [0, 0.05) is 24.3 Å². The van der Waals surface area contributed by atoms with Crippen LogP contribution in [0.2, 0.25) is 0 Å². The molecule has 6 heteroatoms. The molecule has 1 aliphatic heterocycles. The van der Waals surface area contributed by atoms with Crippen molar-refractivity contribution in [2.75, 3.05) is 13.1 Å². The van der Waals surface area contributed by atoms with E-state index in [1.54, 1.807) is 0 Å². The van der Waals surface area contributed by atoms with Gasteiger partial charge < -0.3 is 9.42 Å². The highest BCUT2D eigenvalue weighted by Gasteiger charge is 2.25. The summed E-state index contributed by atoms with van der Waals surface area (Å²) in [6, 6.07) is 2.03. The van der Waals surface area contributed by atoms with E-state index in [-0.39, 0.29) is 5.91 Å². The number of carbonyl (C=O) groups excluding carboxylic acids is 1. The molecule has 2 aromatic heterocycles. The molecule has 0 atom stereocenters. The Bertz CT molecular complexity index is 694. The first kappa shape index (κ1) is 15.8. The zero-order valence-corrected chi connectivity index (χ0v) is 14.1. The minimum atomic E-state index is -0.0136. The molecule has 0 unspecified atom stereocenters. The Hall–Kier alpha value is -2.11. The molecule has 0 bridgehead atoms. The van der Waals surface area contributed by atoms with Gasteiger partial charge in [0.2, 0.25) is 0 Å². The molecule has 0 N–H and O–H groups in total. The summed E-state index contributed by atoms with van der Waals surface area (Å²) < 4.78 is 7.22. The van der Waals surface area contributed by atoms with E-state index in [1.807, 2.05) is 36.4 Å². The Kier molecular flexibility index (Phi) is 4.50. The second kappa shape index (κ2) is 6.56. The number of hydrogen-bond acceptors (Lipinski definition) is 4. The first-order valence-corrected chi connectivity index (χ1v) is 8.31. The van der Waals surface area contributed by atoms with Crippen LogP contribution in [-0.2, 0) is 6.54 Å². The van der Waals surface area contributed by atoms with Crippen molar-refractivity contribution in [3.63, 3.8) is 0 Å². The summed E-state index contributed by atoms with van der Waals surface area (Å²) >= 11 is 0. The van der Waals surface area contributed by atoms with E-state index in [9.17, 15) is 4.79 Å². The van der Waals surface area contributed by atoms with Gasteiger partial charge in [0.1, 0.15) is 5.76 Å². The van der Waals surface area contributed by atoms with E-state index < -0.39 is 0 Å². The molecule has 23 heavy (non-hydrogen) atoms. The van der Waals surface area contributed by atoms with Gasteiger partial charge in [-0.1, -0.05) is 18.0 Å². The van der Waals surface area contributed by atoms with Gasteiger partial charge in [-0.3, -0.25) is 9.48 Å². The summed E-state index contributed by atoms with van der Waals surface area (Å²) in [7, 11) is 0. The van der Waals surface area contributed by atoms with Crippen molar-refractivity contribution in [2.24, 2.45) is 0 Å². The van der Waals surface area contributed by atoms with Gasteiger partial charge in [-0.15, -0.1) is 0 Å². The molecule has 124 valence electrons. The summed E-state index contributed by atoms with van der Waals surface area (Å²) in [6.07, 6.45) is 4.52. The van der Waals surface area contributed by atoms with Crippen molar-refractivity contribution >= 4 is 5.91 Å². The predicted molar refractivity (Wildman–Crippen MR) is 86.4 cm³/mol. The number of aryl methyl sites for hydroxylation is 3. The predicted octanol–water partition coefficient (Wildman–Crippen LogP) is 2.86. The van der Waals surface area contributed by atoms with Gasteiger partial charge in [0.15, 0.2) is 5.69 Å². The van der Waals surface area contributed by atoms with E-state index in [4.69, 9.17) is 4.52 Å². The largest absolute Gasteiger partial charge is 0.361 e. The number of hydrogen-bond donors (Lipinski definition) is 0. The molecule has 1 amide bonds. The first-order valence-electron chi connectivity index (χ1n) is 8.31. The second-order valence-electron chi connectivity index (χ2n) is 6.36. The fourth-order valence-electron chi connectivity index (χ4n) is 3.15. The molecule has 6 nitrogen and oxygen atoms in total. The van der Waals surface area contributed by atoms with E-state index in [0.717, 1.165) is 42.9 Å². The standard InChI is InChI=1S/C17H24N4O2/c1-12-10-13(2)21(18-12)11-15-14(3)23-19-16(15)17(22)20-8-6-4-5-7-9-20/h10H,4-9,11H2,1-3H3. The molecule has 0 radical (unpaired) electrons. The van der Waals surface area contributed by atoms with Crippen LogP contribution in [-0.4, -0.2) is 38.8 Å². The average molecular weight is 316 g/mol. The van der Waals surface area contributed by atoms with Gasteiger partial charge >= 0.3 is 0 Å². The smallest absolute Gasteiger partial charge is 0.276 e. The highest BCUT2D eigenvalue weighted by molar-refractivity contribution is 5.93. The Balaban J connectivity index is 1.85. The number of nitrogens with zero attached hydrogens (tertiary/aromatic N) is 4. The lowest BCUT2D eigenvalue weighted by atomic mass is 10.1. The van der Waals surface area contributed by atoms with Crippen LogP contribution in [0.25, 0.3) is 0 Å². The molecule has 0 saturated carbocycles. The average Bonchev–Trinajstić information content (AvgIpc) is 2.90. The third kappa shape index (κ3) is 3.30. The van der Waals surface area contributed by atoms with Crippen molar-refractivity contribution in [3.8, 4) is 0 Å². The van der Waals surface area contributed by atoms with Crippen LogP contribution in [0.1, 0.15) is 58.9 Å². The van der Waals surface area contributed by atoms with Gasteiger partial charge in [-0.25, -0.2) is 0 Å². The summed E-state index contributed by atoms with van der Waals surface area (Å²) in [5.41, 5.74) is 3.32. The zero-order chi connectivity index (χ0) is 16.4. The lowest BCUT2D eigenvalue weighted by Crippen LogP contribution is -2.33. The number of carbonyl (C=O) groups is 1. The van der Waals surface area contributed by atoms with E-state index in [1.165, 1.54) is 12.8 Å². The van der Waals surface area contributed by atoms with Crippen molar-refractivity contribution in [3.05, 3.63) is 34.5 Å². The Labute approximate surface area is 136 Å². The van der Waals surface area contributed by atoms with Crippen molar-refractivity contribution in [2.45, 2.75) is 53.0 Å². The molecular weight excluding hydrogens is 292 g/mol.